The third kappa shape index (κ3) is 3.98. The van der Waals surface area contributed by atoms with Crippen LogP contribution in [0.15, 0.2) is 28.9 Å². The van der Waals surface area contributed by atoms with E-state index in [2.05, 4.69) is 55.0 Å². The van der Waals surface area contributed by atoms with E-state index < -0.39 is 0 Å². The van der Waals surface area contributed by atoms with Crippen molar-refractivity contribution < 1.29 is 4.74 Å². The largest absolute Gasteiger partial charge is 0.383 e. The lowest BCUT2D eigenvalue weighted by atomic mass is 10.0. The Morgan fingerprint density at radius 2 is 2.29 bits per heavy atom. The molecule has 0 fully saturated rings. The molecule has 7 heteroatoms. The number of benzene rings is 1. The number of nitrogens with zero attached hydrogens (tertiary/aromatic N) is 2. The maximum absolute atomic E-state index is 6.25. The van der Waals surface area contributed by atoms with E-state index in [-0.39, 0.29) is 6.04 Å². The highest BCUT2D eigenvalue weighted by Gasteiger charge is 2.21. The molecule has 1 aromatic heterocycles. The Labute approximate surface area is 151 Å². The molecule has 0 saturated heterocycles. The molecule has 0 aliphatic rings. The molecule has 0 spiro atoms. The van der Waals surface area contributed by atoms with Gasteiger partial charge in [0.25, 0.3) is 0 Å². The van der Waals surface area contributed by atoms with E-state index in [0.717, 1.165) is 24.3 Å². The SMILES string of the molecule is CNC(c1ccc(I)c(Cl)c1)c1c(Br)cnn1CCOC. The number of methoxy groups -OCH3 is 1. The van der Waals surface area contributed by atoms with Crippen molar-refractivity contribution in [3.63, 3.8) is 0 Å². The lowest BCUT2D eigenvalue weighted by Crippen LogP contribution is -2.23. The molecule has 0 bridgehead atoms. The maximum atomic E-state index is 6.25. The van der Waals surface area contributed by atoms with Gasteiger partial charge in [0.2, 0.25) is 0 Å². The van der Waals surface area contributed by atoms with Gasteiger partial charge in [-0.2, -0.15) is 5.10 Å². The number of nitrogens with one attached hydrogen (secondary N) is 1. The van der Waals surface area contributed by atoms with Crippen LogP contribution in [0.4, 0.5) is 0 Å². The topological polar surface area (TPSA) is 39.1 Å². The summed E-state index contributed by atoms with van der Waals surface area (Å²) in [6.07, 6.45) is 1.81. The van der Waals surface area contributed by atoms with Gasteiger partial charge in [-0.3, -0.25) is 4.68 Å². The van der Waals surface area contributed by atoms with E-state index in [1.165, 1.54) is 0 Å². The summed E-state index contributed by atoms with van der Waals surface area (Å²) in [4.78, 5) is 0. The van der Waals surface area contributed by atoms with E-state index in [0.29, 0.717) is 13.2 Å². The molecule has 2 aromatic rings. The van der Waals surface area contributed by atoms with Gasteiger partial charge < -0.3 is 10.1 Å². The Morgan fingerprint density at radius 3 is 2.90 bits per heavy atom. The van der Waals surface area contributed by atoms with Gasteiger partial charge in [-0.15, -0.1) is 0 Å². The maximum Gasteiger partial charge on any atom is 0.0757 e. The molecule has 1 N–H and O–H groups in total. The molecule has 0 aliphatic carbocycles. The summed E-state index contributed by atoms with van der Waals surface area (Å²) in [6, 6.07) is 6.10. The van der Waals surface area contributed by atoms with Crippen LogP contribution in [-0.4, -0.2) is 30.5 Å². The summed E-state index contributed by atoms with van der Waals surface area (Å²) in [5.41, 5.74) is 2.16. The fourth-order valence-electron chi connectivity index (χ4n) is 2.17. The van der Waals surface area contributed by atoms with Gasteiger partial charge in [0, 0.05) is 10.7 Å². The van der Waals surface area contributed by atoms with E-state index >= 15 is 0 Å². The first kappa shape index (κ1) is 17.2. The summed E-state index contributed by atoms with van der Waals surface area (Å²) < 4.78 is 9.10. The van der Waals surface area contributed by atoms with Gasteiger partial charge >= 0.3 is 0 Å². The number of hydrogen-bond donors (Lipinski definition) is 1. The van der Waals surface area contributed by atoms with Crippen LogP contribution < -0.4 is 5.32 Å². The summed E-state index contributed by atoms with van der Waals surface area (Å²) >= 11 is 12.1. The van der Waals surface area contributed by atoms with Crippen molar-refractivity contribution in [1.29, 1.82) is 0 Å². The highest BCUT2D eigenvalue weighted by atomic mass is 127. The van der Waals surface area contributed by atoms with Crippen molar-refractivity contribution in [1.82, 2.24) is 15.1 Å². The summed E-state index contributed by atoms with van der Waals surface area (Å²) in [6.45, 7) is 1.32. The molecule has 1 aromatic carbocycles. The minimum atomic E-state index is 0.00762. The zero-order valence-electron chi connectivity index (χ0n) is 11.7. The molecule has 2 rings (SSSR count). The summed E-state index contributed by atoms with van der Waals surface area (Å²) in [7, 11) is 3.61. The average Bonchev–Trinajstić information content (AvgIpc) is 2.83. The molecule has 21 heavy (non-hydrogen) atoms. The van der Waals surface area contributed by atoms with E-state index in [1.807, 2.05) is 30.1 Å². The van der Waals surface area contributed by atoms with Crippen LogP contribution in [-0.2, 0) is 11.3 Å². The first-order chi connectivity index (χ1) is 10.1. The Morgan fingerprint density at radius 1 is 1.52 bits per heavy atom. The van der Waals surface area contributed by atoms with Crippen LogP contribution in [0.1, 0.15) is 17.3 Å². The third-order valence-electron chi connectivity index (χ3n) is 3.18. The van der Waals surface area contributed by atoms with Gasteiger partial charge in [-0.25, -0.2) is 0 Å². The molecule has 0 amide bonds. The van der Waals surface area contributed by atoms with Crippen LogP contribution in [0, 0.1) is 3.57 Å². The number of halogens is 3. The predicted molar refractivity (Wildman–Crippen MR) is 96.9 cm³/mol. The molecule has 114 valence electrons. The normalized spacial score (nSPS) is 12.6. The molecule has 0 aliphatic heterocycles. The van der Waals surface area contributed by atoms with Gasteiger partial charge in [-0.05, 0) is 63.3 Å². The highest BCUT2D eigenvalue weighted by molar-refractivity contribution is 14.1. The van der Waals surface area contributed by atoms with E-state index in [4.69, 9.17) is 16.3 Å². The minimum absolute atomic E-state index is 0.00762. The second kappa shape index (κ2) is 7.92. The summed E-state index contributed by atoms with van der Waals surface area (Å²) in [5, 5.41) is 8.49. The standard InChI is InChI=1S/C14H16BrClIN3O/c1-18-13(9-3-4-12(17)11(16)7-9)14-10(15)8-19-20(14)5-6-21-2/h3-4,7-8,13,18H,5-6H2,1-2H3. The van der Waals surface area contributed by atoms with Crippen molar-refractivity contribution in [2.24, 2.45) is 0 Å². The Bertz CT molecular complexity index is 620. The number of ether oxygens (including phenoxy) is 1. The van der Waals surface area contributed by atoms with Crippen LogP contribution >= 0.6 is 50.1 Å². The van der Waals surface area contributed by atoms with Crippen molar-refractivity contribution in [3.8, 4) is 0 Å². The van der Waals surface area contributed by atoms with Crippen LogP contribution in [0.25, 0.3) is 0 Å². The molecule has 0 radical (unpaired) electrons. The second-order valence-electron chi connectivity index (χ2n) is 4.49. The lowest BCUT2D eigenvalue weighted by molar-refractivity contribution is 0.182. The van der Waals surface area contributed by atoms with Crippen molar-refractivity contribution >= 4 is 50.1 Å². The van der Waals surface area contributed by atoms with E-state index in [9.17, 15) is 0 Å². The third-order valence-corrected chi connectivity index (χ3v) is 5.36. The number of rotatable bonds is 6. The number of hydrogen-bond acceptors (Lipinski definition) is 3. The van der Waals surface area contributed by atoms with Gasteiger partial charge in [0.1, 0.15) is 0 Å². The fourth-order valence-corrected chi connectivity index (χ4v) is 3.22. The quantitative estimate of drug-likeness (QED) is 0.633. The molecule has 0 saturated carbocycles. The molecular formula is C14H16BrClIN3O. The first-order valence-electron chi connectivity index (χ1n) is 6.40. The van der Waals surface area contributed by atoms with Crippen molar-refractivity contribution in [2.45, 2.75) is 12.6 Å². The highest BCUT2D eigenvalue weighted by Crippen LogP contribution is 2.31. The molecular weight excluding hydrogens is 468 g/mol. The lowest BCUT2D eigenvalue weighted by Gasteiger charge is -2.20. The Kier molecular flexibility index (Phi) is 6.49. The van der Waals surface area contributed by atoms with Crippen molar-refractivity contribution in [2.75, 3.05) is 20.8 Å². The van der Waals surface area contributed by atoms with E-state index in [1.54, 1.807) is 7.11 Å². The van der Waals surface area contributed by atoms with Crippen LogP contribution in [0.3, 0.4) is 0 Å². The van der Waals surface area contributed by atoms with Crippen molar-refractivity contribution in [3.05, 3.63) is 48.7 Å². The van der Waals surface area contributed by atoms with Gasteiger partial charge in [0.15, 0.2) is 0 Å². The first-order valence-corrected chi connectivity index (χ1v) is 8.65. The molecule has 4 nitrogen and oxygen atoms in total. The van der Waals surface area contributed by atoms with Gasteiger partial charge in [0.05, 0.1) is 40.6 Å². The molecule has 1 atom stereocenters. The predicted octanol–water partition coefficient (Wildman–Crippen LogP) is 3.86. The Balaban J connectivity index is 2.40. The minimum Gasteiger partial charge on any atom is -0.383 e. The van der Waals surface area contributed by atoms with Gasteiger partial charge in [-0.1, -0.05) is 17.7 Å². The average molecular weight is 485 g/mol. The van der Waals surface area contributed by atoms with Crippen LogP contribution in [0.5, 0.6) is 0 Å². The Hall–Kier alpha value is -0.150. The monoisotopic (exact) mass is 483 g/mol. The molecule has 1 unspecified atom stereocenters. The van der Waals surface area contributed by atoms with Crippen LogP contribution in [0.2, 0.25) is 5.02 Å². The smallest absolute Gasteiger partial charge is 0.0757 e. The zero-order valence-corrected chi connectivity index (χ0v) is 16.2. The second-order valence-corrected chi connectivity index (χ2v) is 6.91. The zero-order chi connectivity index (χ0) is 15.4. The summed E-state index contributed by atoms with van der Waals surface area (Å²) in [5.74, 6) is 0. The molecule has 1 heterocycles. The fraction of sp³-hybridized carbons (Fsp3) is 0.357. The number of aromatic nitrogens is 2.